The van der Waals surface area contributed by atoms with Crippen molar-refractivity contribution in [3.63, 3.8) is 0 Å². The summed E-state index contributed by atoms with van der Waals surface area (Å²) in [6.07, 6.45) is 0.264. The molecule has 0 radical (unpaired) electrons. The van der Waals surface area contributed by atoms with Gasteiger partial charge >= 0.3 is 5.97 Å². The van der Waals surface area contributed by atoms with Crippen molar-refractivity contribution in [2.24, 2.45) is 11.5 Å². The zero-order valence-corrected chi connectivity index (χ0v) is 7.75. The lowest BCUT2D eigenvalue weighted by Gasteiger charge is -2.01. The second kappa shape index (κ2) is 4.31. The third-order valence-electron chi connectivity index (χ3n) is 1.52. The van der Waals surface area contributed by atoms with Crippen molar-refractivity contribution < 1.29 is 9.90 Å². The molecule has 0 aliphatic carbocycles. The Morgan fingerprint density at radius 2 is 2.46 bits per heavy atom. The Labute approximate surface area is 79.4 Å². The molecule has 0 unspecified atom stereocenters. The van der Waals surface area contributed by atoms with E-state index in [2.05, 4.69) is 4.98 Å². The number of nitrogens with two attached hydrogens (primary N) is 2. The highest BCUT2D eigenvalue weighted by atomic mass is 32.1. The molecule has 6 heteroatoms. The molecular weight excluding hydrogens is 190 g/mol. The minimum absolute atomic E-state index is 0.264. The van der Waals surface area contributed by atoms with Crippen molar-refractivity contribution in [2.45, 2.75) is 19.0 Å². The highest BCUT2D eigenvalue weighted by Gasteiger charge is 2.13. The van der Waals surface area contributed by atoms with E-state index < -0.39 is 12.0 Å². The summed E-state index contributed by atoms with van der Waals surface area (Å²) in [5.74, 6) is -1.01. The van der Waals surface area contributed by atoms with E-state index in [-0.39, 0.29) is 6.42 Å². The third kappa shape index (κ3) is 2.76. The molecule has 0 bridgehead atoms. The van der Waals surface area contributed by atoms with Gasteiger partial charge in [0.1, 0.15) is 6.04 Å². The zero-order valence-electron chi connectivity index (χ0n) is 6.93. The fraction of sp³-hybridized carbons (Fsp3) is 0.429. The number of nitrogens with zero attached hydrogens (tertiary/aromatic N) is 1. The molecule has 1 heterocycles. The number of rotatable bonds is 4. The predicted molar refractivity (Wildman–Crippen MR) is 49.3 cm³/mol. The van der Waals surface area contributed by atoms with Crippen LogP contribution < -0.4 is 11.5 Å². The topological polar surface area (TPSA) is 102 Å². The first-order chi connectivity index (χ1) is 6.13. The normalized spacial score (nSPS) is 12.8. The van der Waals surface area contributed by atoms with Crippen LogP contribution in [0.3, 0.4) is 0 Å². The van der Waals surface area contributed by atoms with Crippen LogP contribution in [0.15, 0.2) is 5.38 Å². The van der Waals surface area contributed by atoms with Crippen LogP contribution in [-0.2, 0) is 17.8 Å². The number of thiazole rings is 1. The third-order valence-corrected chi connectivity index (χ3v) is 2.44. The highest BCUT2D eigenvalue weighted by Crippen LogP contribution is 2.10. The number of carbonyl (C=O) groups is 1. The van der Waals surface area contributed by atoms with Gasteiger partial charge in [-0.2, -0.15) is 0 Å². The van der Waals surface area contributed by atoms with Crippen LogP contribution in [0.25, 0.3) is 0 Å². The maximum absolute atomic E-state index is 10.4. The SMILES string of the molecule is NCc1csc(C[C@H](N)C(=O)O)n1. The molecule has 0 aliphatic rings. The molecule has 1 aromatic rings. The Morgan fingerprint density at radius 1 is 1.77 bits per heavy atom. The van der Waals surface area contributed by atoms with Gasteiger partial charge in [0.05, 0.1) is 10.7 Å². The van der Waals surface area contributed by atoms with Gasteiger partial charge in [0.25, 0.3) is 0 Å². The van der Waals surface area contributed by atoms with E-state index in [0.717, 1.165) is 10.7 Å². The standard InChI is InChI=1S/C7H11N3O2S/c8-2-4-3-13-6(10-4)1-5(9)7(11)12/h3,5H,1-2,8-9H2,(H,11,12)/t5-/m0/s1. The van der Waals surface area contributed by atoms with Gasteiger partial charge < -0.3 is 16.6 Å². The van der Waals surface area contributed by atoms with Crippen LogP contribution in [0.4, 0.5) is 0 Å². The zero-order chi connectivity index (χ0) is 9.84. The lowest BCUT2D eigenvalue weighted by molar-refractivity contribution is -0.138. The molecular formula is C7H11N3O2S. The smallest absolute Gasteiger partial charge is 0.320 e. The molecule has 0 saturated heterocycles. The molecule has 0 aromatic carbocycles. The van der Waals surface area contributed by atoms with Crippen LogP contribution >= 0.6 is 11.3 Å². The average Bonchev–Trinajstić information content (AvgIpc) is 2.52. The summed E-state index contributed by atoms with van der Waals surface area (Å²) in [6, 6.07) is -0.878. The predicted octanol–water partition coefficient (Wildman–Crippen LogP) is -0.444. The molecule has 0 saturated carbocycles. The first-order valence-corrected chi connectivity index (χ1v) is 4.63. The summed E-state index contributed by atoms with van der Waals surface area (Å²) in [5, 5.41) is 11.1. The first-order valence-electron chi connectivity index (χ1n) is 3.75. The lowest BCUT2D eigenvalue weighted by atomic mass is 10.2. The van der Waals surface area contributed by atoms with E-state index in [1.807, 2.05) is 5.38 Å². The number of aromatic nitrogens is 1. The molecule has 72 valence electrons. The van der Waals surface area contributed by atoms with Crippen molar-refractivity contribution in [1.29, 1.82) is 0 Å². The van der Waals surface area contributed by atoms with Gasteiger partial charge in [0.2, 0.25) is 0 Å². The van der Waals surface area contributed by atoms with Gasteiger partial charge in [-0.15, -0.1) is 11.3 Å². The van der Waals surface area contributed by atoms with Crippen LogP contribution in [0.1, 0.15) is 10.7 Å². The van der Waals surface area contributed by atoms with Gasteiger partial charge in [0, 0.05) is 18.3 Å². The number of aliphatic carboxylic acids is 1. The van der Waals surface area contributed by atoms with Gasteiger partial charge in [-0.3, -0.25) is 4.79 Å². The molecule has 1 rings (SSSR count). The number of carboxylic acid groups (broad SMARTS) is 1. The average molecular weight is 201 g/mol. The van der Waals surface area contributed by atoms with E-state index in [1.54, 1.807) is 0 Å². The second-order valence-corrected chi connectivity index (χ2v) is 3.53. The van der Waals surface area contributed by atoms with Crippen molar-refractivity contribution in [1.82, 2.24) is 4.98 Å². The van der Waals surface area contributed by atoms with Crippen molar-refractivity contribution in [3.8, 4) is 0 Å². The second-order valence-electron chi connectivity index (χ2n) is 2.59. The highest BCUT2D eigenvalue weighted by molar-refractivity contribution is 7.09. The quantitative estimate of drug-likeness (QED) is 0.612. The van der Waals surface area contributed by atoms with E-state index in [0.29, 0.717) is 6.54 Å². The van der Waals surface area contributed by atoms with Crippen molar-refractivity contribution in [3.05, 3.63) is 16.1 Å². The number of carboxylic acids is 1. The maximum atomic E-state index is 10.4. The summed E-state index contributed by atoms with van der Waals surface area (Å²) in [7, 11) is 0. The molecule has 13 heavy (non-hydrogen) atoms. The number of hydrogen-bond acceptors (Lipinski definition) is 5. The van der Waals surface area contributed by atoms with E-state index in [4.69, 9.17) is 16.6 Å². The largest absolute Gasteiger partial charge is 0.480 e. The van der Waals surface area contributed by atoms with Gasteiger partial charge in [-0.05, 0) is 0 Å². The molecule has 5 nitrogen and oxygen atoms in total. The molecule has 0 spiro atoms. The molecule has 0 aliphatic heterocycles. The Balaban J connectivity index is 2.58. The Kier molecular flexibility index (Phi) is 3.35. The van der Waals surface area contributed by atoms with E-state index >= 15 is 0 Å². The lowest BCUT2D eigenvalue weighted by Crippen LogP contribution is -2.32. The molecule has 5 N–H and O–H groups in total. The first kappa shape index (κ1) is 10.1. The summed E-state index contributed by atoms with van der Waals surface area (Å²) in [4.78, 5) is 14.5. The summed E-state index contributed by atoms with van der Waals surface area (Å²) in [6.45, 7) is 0.374. The van der Waals surface area contributed by atoms with Gasteiger partial charge in [-0.25, -0.2) is 4.98 Å². The summed E-state index contributed by atoms with van der Waals surface area (Å²) >= 11 is 1.39. The van der Waals surface area contributed by atoms with E-state index in [1.165, 1.54) is 11.3 Å². The van der Waals surface area contributed by atoms with Crippen LogP contribution in [0.2, 0.25) is 0 Å². The van der Waals surface area contributed by atoms with Crippen LogP contribution in [0.5, 0.6) is 0 Å². The Bertz CT molecular complexity index is 300. The van der Waals surface area contributed by atoms with E-state index in [9.17, 15) is 4.79 Å². The molecule has 0 fully saturated rings. The Morgan fingerprint density at radius 3 is 2.92 bits per heavy atom. The fourth-order valence-electron chi connectivity index (χ4n) is 0.812. The van der Waals surface area contributed by atoms with Crippen LogP contribution in [-0.4, -0.2) is 22.1 Å². The van der Waals surface area contributed by atoms with Crippen molar-refractivity contribution >= 4 is 17.3 Å². The van der Waals surface area contributed by atoms with Gasteiger partial charge in [0.15, 0.2) is 0 Å². The number of hydrogen-bond donors (Lipinski definition) is 3. The summed E-state index contributed by atoms with van der Waals surface area (Å²) < 4.78 is 0. The maximum Gasteiger partial charge on any atom is 0.320 e. The summed E-state index contributed by atoms with van der Waals surface area (Å²) in [5.41, 5.74) is 11.5. The molecule has 0 amide bonds. The van der Waals surface area contributed by atoms with Crippen molar-refractivity contribution in [2.75, 3.05) is 0 Å². The van der Waals surface area contributed by atoms with Crippen LogP contribution in [0, 0.1) is 0 Å². The minimum Gasteiger partial charge on any atom is -0.480 e. The Hall–Kier alpha value is -0.980. The monoisotopic (exact) mass is 201 g/mol. The molecule has 1 atom stereocenters. The minimum atomic E-state index is -1.01. The molecule has 1 aromatic heterocycles. The van der Waals surface area contributed by atoms with Gasteiger partial charge in [-0.1, -0.05) is 0 Å². The fourth-order valence-corrected chi connectivity index (χ4v) is 1.68.